The third-order valence-electron chi connectivity index (χ3n) is 5.16. The molecular weight excluding hydrogens is 395 g/mol. The topological polar surface area (TPSA) is 106 Å². The van der Waals surface area contributed by atoms with Gasteiger partial charge in [0.05, 0.1) is 43.8 Å². The normalized spacial score (nSPS) is 17.1. The number of methoxy groups -OCH3 is 1. The lowest BCUT2D eigenvalue weighted by Gasteiger charge is -2.34. The summed E-state index contributed by atoms with van der Waals surface area (Å²) in [4.78, 5) is 22.4. The number of fused-ring (bicyclic) bond motifs is 1. The Bertz CT molecular complexity index is 1170. The molecule has 2 saturated heterocycles. The molecule has 1 spiro atoms. The minimum absolute atomic E-state index is 0.0542. The van der Waals surface area contributed by atoms with Crippen LogP contribution in [0.3, 0.4) is 0 Å². The highest BCUT2D eigenvalue weighted by molar-refractivity contribution is 6.00. The summed E-state index contributed by atoms with van der Waals surface area (Å²) in [6, 6.07) is 7.61. The number of amides is 1. The van der Waals surface area contributed by atoms with E-state index in [1.165, 1.54) is 36.5 Å². The standard InChI is InChI=1S/C20H17FN4O5/c1-28-16-6-13-11(5-14(16)25-7-20(8-29-9-20)30-19(25)27)18(23-10-22-13)24-12-3-2-4-15(26)17(12)21/h2-6,10,26H,7-9H2,1H3,(H,22,23,24). The third kappa shape index (κ3) is 2.84. The number of ether oxygens (including phenoxy) is 3. The summed E-state index contributed by atoms with van der Waals surface area (Å²) < 4.78 is 30.4. The monoisotopic (exact) mass is 412 g/mol. The highest BCUT2D eigenvalue weighted by Gasteiger charge is 2.52. The van der Waals surface area contributed by atoms with Gasteiger partial charge in [-0.15, -0.1) is 0 Å². The summed E-state index contributed by atoms with van der Waals surface area (Å²) in [7, 11) is 1.50. The van der Waals surface area contributed by atoms with Crippen molar-refractivity contribution in [1.29, 1.82) is 0 Å². The predicted molar refractivity (Wildman–Crippen MR) is 105 cm³/mol. The number of carbonyl (C=O) groups is 1. The number of anilines is 3. The molecule has 3 aromatic rings. The summed E-state index contributed by atoms with van der Waals surface area (Å²) in [6.45, 7) is 1.01. The molecule has 0 bridgehead atoms. The van der Waals surface area contributed by atoms with Gasteiger partial charge in [0, 0.05) is 11.5 Å². The molecule has 0 saturated carbocycles. The van der Waals surface area contributed by atoms with E-state index in [-0.39, 0.29) is 5.69 Å². The van der Waals surface area contributed by atoms with Crippen LogP contribution in [0.2, 0.25) is 0 Å². The van der Waals surface area contributed by atoms with E-state index < -0.39 is 23.3 Å². The highest BCUT2D eigenvalue weighted by atomic mass is 19.1. The Morgan fingerprint density at radius 3 is 2.83 bits per heavy atom. The Balaban J connectivity index is 1.59. The molecule has 0 unspecified atom stereocenters. The Hall–Kier alpha value is -3.66. The molecule has 2 N–H and O–H groups in total. The lowest BCUT2D eigenvalue weighted by molar-refractivity contribution is -0.155. The van der Waals surface area contributed by atoms with Gasteiger partial charge in [-0.25, -0.2) is 19.2 Å². The number of hydrogen-bond donors (Lipinski definition) is 2. The summed E-state index contributed by atoms with van der Waals surface area (Å²) >= 11 is 0. The van der Waals surface area contributed by atoms with Crippen LogP contribution in [0.25, 0.3) is 10.9 Å². The van der Waals surface area contributed by atoms with Crippen LogP contribution in [-0.4, -0.2) is 53.6 Å². The molecule has 9 nitrogen and oxygen atoms in total. The van der Waals surface area contributed by atoms with Crippen LogP contribution in [0.15, 0.2) is 36.7 Å². The molecular formula is C20H17FN4O5. The van der Waals surface area contributed by atoms with Crippen LogP contribution in [0.4, 0.5) is 26.4 Å². The van der Waals surface area contributed by atoms with Crippen LogP contribution >= 0.6 is 0 Å². The Morgan fingerprint density at radius 1 is 1.30 bits per heavy atom. The maximum Gasteiger partial charge on any atom is 0.415 e. The first kappa shape index (κ1) is 18.4. The lowest BCUT2D eigenvalue weighted by atomic mass is 10.0. The number of rotatable bonds is 4. The molecule has 0 atom stereocenters. The van der Waals surface area contributed by atoms with Gasteiger partial charge in [0.1, 0.15) is 17.9 Å². The number of halogens is 1. The SMILES string of the molecule is COc1cc2ncnc(Nc3cccc(O)c3F)c2cc1N1CC2(COC2)OC1=O. The average Bonchev–Trinajstić information content (AvgIpc) is 3.08. The number of hydrogen-bond acceptors (Lipinski definition) is 8. The zero-order valence-corrected chi connectivity index (χ0v) is 15.9. The van der Waals surface area contributed by atoms with Crippen molar-refractivity contribution >= 4 is 34.2 Å². The smallest absolute Gasteiger partial charge is 0.415 e. The third-order valence-corrected chi connectivity index (χ3v) is 5.16. The van der Waals surface area contributed by atoms with Crippen molar-refractivity contribution in [3.05, 3.63) is 42.5 Å². The van der Waals surface area contributed by atoms with E-state index in [1.54, 1.807) is 12.1 Å². The fraction of sp³-hybridized carbons (Fsp3) is 0.250. The lowest BCUT2D eigenvalue weighted by Crippen LogP contribution is -2.52. The van der Waals surface area contributed by atoms with Crippen molar-refractivity contribution in [3.63, 3.8) is 0 Å². The van der Waals surface area contributed by atoms with Crippen molar-refractivity contribution in [1.82, 2.24) is 9.97 Å². The van der Waals surface area contributed by atoms with E-state index >= 15 is 0 Å². The maximum atomic E-state index is 14.3. The second-order valence-corrected chi connectivity index (χ2v) is 7.16. The fourth-order valence-corrected chi connectivity index (χ4v) is 3.58. The van der Waals surface area contributed by atoms with E-state index in [0.717, 1.165) is 0 Å². The molecule has 0 radical (unpaired) electrons. The average molecular weight is 412 g/mol. The number of phenols is 1. The number of benzene rings is 2. The molecule has 1 aromatic heterocycles. The zero-order valence-electron chi connectivity index (χ0n) is 15.9. The molecule has 2 aliphatic rings. The van der Waals surface area contributed by atoms with Crippen LogP contribution in [0.5, 0.6) is 11.5 Å². The second kappa shape index (κ2) is 6.70. The van der Waals surface area contributed by atoms with Gasteiger partial charge >= 0.3 is 6.09 Å². The molecule has 3 heterocycles. The van der Waals surface area contributed by atoms with Crippen LogP contribution in [-0.2, 0) is 9.47 Å². The van der Waals surface area contributed by atoms with Gasteiger partial charge in [-0.1, -0.05) is 6.07 Å². The molecule has 154 valence electrons. The quantitative estimate of drug-likeness (QED) is 0.674. The molecule has 10 heteroatoms. The van der Waals surface area contributed by atoms with E-state index in [2.05, 4.69) is 15.3 Å². The molecule has 30 heavy (non-hydrogen) atoms. The second-order valence-electron chi connectivity index (χ2n) is 7.16. The minimum Gasteiger partial charge on any atom is -0.505 e. The van der Waals surface area contributed by atoms with Crippen LogP contribution < -0.4 is 15.0 Å². The van der Waals surface area contributed by atoms with E-state index in [4.69, 9.17) is 14.2 Å². The van der Waals surface area contributed by atoms with Crippen molar-refractivity contribution in [2.45, 2.75) is 5.60 Å². The zero-order chi connectivity index (χ0) is 20.9. The van der Waals surface area contributed by atoms with E-state index in [1.807, 2.05) is 0 Å². The van der Waals surface area contributed by atoms with Gasteiger partial charge < -0.3 is 24.6 Å². The van der Waals surface area contributed by atoms with Gasteiger partial charge in [-0.3, -0.25) is 4.90 Å². The first-order chi connectivity index (χ1) is 14.5. The van der Waals surface area contributed by atoms with E-state index in [9.17, 15) is 14.3 Å². The summed E-state index contributed by atoms with van der Waals surface area (Å²) in [5, 5.41) is 13.0. The molecule has 2 aliphatic heterocycles. The summed E-state index contributed by atoms with van der Waals surface area (Å²) in [5.74, 6) is -0.533. The Morgan fingerprint density at radius 2 is 2.13 bits per heavy atom. The number of phenolic OH excluding ortho intramolecular Hbond substituents is 1. The molecule has 2 aromatic carbocycles. The molecule has 0 aliphatic carbocycles. The van der Waals surface area contributed by atoms with Gasteiger partial charge in [-0.05, 0) is 18.2 Å². The summed E-state index contributed by atoms with van der Waals surface area (Å²) in [6.07, 6.45) is 0.830. The minimum atomic E-state index is -0.798. The fourth-order valence-electron chi connectivity index (χ4n) is 3.58. The Labute approximate surface area is 170 Å². The van der Waals surface area contributed by atoms with Crippen LogP contribution in [0, 0.1) is 5.82 Å². The first-order valence-electron chi connectivity index (χ1n) is 9.15. The first-order valence-corrected chi connectivity index (χ1v) is 9.15. The number of carbonyl (C=O) groups excluding carboxylic acids is 1. The number of aromatic nitrogens is 2. The number of aromatic hydroxyl groups is 1. The van der Waals surface area contributed by atoms with Crippen molar-refractivity contribution in [3.8, 4) is 11.5 Å². The van der Waals surface area contributed by atoms with Gasteiger partial charge in [0.15, 0.2) is 17.2 Å². The number of nitrogens with one attached hydrogen (secondary N) is 1. The van der Waals surface area contributed by atoms with Crippen molar-refractivity contribution in [2.75, 3.05) is 37.1 Å². The van der Waals surface area contributed by atoms with Gasteiger partial charge in [0.2, 0.25) is 0 Å². The summed E-state index contributed by atoms with van der Waals surface area (Å²) in [5.41, 5.74) is 0.421. The molecule has 1 amide bonds. The Kier molecular flexibility index (Phi) is 4.10. The maximum absolute atomic E-state index is 14.3. The highest BCUT2D eigenvalue weighted by Crippen LogP contribution is 2.40. The van der Waals surface area contributed by atoms with Crippen molar-refractivity contribution in [2.24, 2.45) is 0 Å². The van der Waals surface area contributed by atoms with Gasteiger partial charge in [-0.2, -0.15) is 0 Å². The van der Waals surface area contributed by atoms with Gasteiger partial charge in [0.25, 0.3) is 0 Å². The largest absolute Gasteiger partial charge is 0.505 e. The molecule has 5 rings (SSSR count). The molecule has 2 fully saturated rings. The van der Waals surface area contributed by atoms with Crippen LogP contribution in [0.1, 0.15) is 0 Å². The number of nitrogens with zero attached hydrogens (tertiary/aromatic N) is 3. The van der Waals surface area contributed by atoms with E-state index in [0.29, 0.717) is 47.9 Å². The predicted octanol–water partition coefficient (Wildman–Crippen LogP) is 2.95. The van der Waals surface area contributed by atoms with Crippen molar-refractivity contribution < 1.29 is 28.5 Å².